The second-order valence-electron chi connectivity index (χ2n) is 4.51. The van der Waals surface area contributed by atoms with Gasteiger partial charge in [0, 0.05) is 10.4 Å². The van der Waals surface area contributed by atoms with Gasteiger partial charge >= 0.3 is 5.97 Å². The van der Waals surface area contributed by atoms with E-state index in [1.807, 2.05) is 0 Å². The molecule has 1 fully saturated rings. The van der Waals surface area contributed by atoms with E-state index in [-0.39, 0.29) is 11.6 Å². The van der Waals surface area contributed by atoms with Crippen molar-refractivity contribution in [2.45, 2.75) is 18.8 Å². The van der Waals surface area contributed by atoms with Crippen LogP contribution in [0, 0.1) is 0 Å². The number of halogens is 3. The molecular formula is C12H8BrCl2N3O2. The molecule has 1 aliphatic carbocycles. The average molecular weight is 377 g/mol. The largest absolute Gasteiger partial charge is 0.476 e. The van der Waals surface area contributed by atoms with Crippen molar-refractivity contribution in [3.05, 3.63) is 38.0 Å². The predicted molar refractivity (Wildman–Crippen MR) is 78.0 cm³/mol. The SMILES string of the molecule is O=C(O)c1nnn(-c2ccc(Br)c(Cl)c2Cl)c1C1CC1. The van der Waals surface area contributed by atoms with Gasteiger partial charge in [0.2, 0.25) is 0 Å². The van der Waals surface area contributed by atoms with Crippen molar-refractivity contribution in [2.75, 3.05) is 0 Å². The van der Waals surface area contributed by atoms with Crippen LogP contribution < -0.4 is 0 Å². The minimum atomic E-state index is -1.09. The van der Waals surface area contributed by atoms with Crippen LogP contribution in [0.4, 0.5) is 0 Å². The summed E-state index contributed by atoms with van der Waals surface area (Å²) in [5.74, 6) is -0.924. The quantitative estimate of drug-likeness (QED) is 0.824. The molecule has 1 heterocycles. The van der Waals surface area contributed by atoms with Crippen LogP contribution in [0.3, 0.4) is 0 Å². The van der Waals surface area contributed by atoms with Crippen molar-refractivity contribution < 1.29 is 9.90 Å². The van der Waals surface area contributed by atoms with Gasteiger partial charge in [-0.1, -0.05) is 28.4 Å². The Morgan fingerprint density at radius 2 is 2.05 bits per heavy atom. The topological polar surface area (TPSA) is 68.0 Å². The molecule has 1 saturated carbocycles. The molecule has 8 heteroatoms. The Morgan fingerprint density at radius 1 is 1.35 bits per heavy atom. The summed E-state index contributed by atoms with van der Waals surface area (Å²) >= 11 is 15.6. The van der Waals surface area contributed by atoms with Crippen LogP contribution in [-0.2, 0) is 0 Å². The van der Waals surface area contributed by atoms with E-state index in [0.717, 1.165) is 12.8 Å². The fourth-order valence-electron chi connectivity index (χ4n) is 2.02. The molecule has 1 aromatic carbocycles. The summed E-state index contributed by atoms with van der Waals surface area (Å²) in [7, 11) is 0. The summed E-state index contributed by atoms with van der Waals surface area (Å²) in [6.07, 6.45) is 1.85. The van der Waals surface area contributed by atoms with E-state index in [4.69, 9.17) is 23.2 Å². The molecule has 0 bridgehead atoms. The highest BCUT2D eigenvalue weighted by molar-refractivity contribution is 9.10. The van der Waals surface area contributed by atoms with Gasteiger partial charge in [0.05, 0.1) is 21.4 Å². The van der Waals surface area contributed by atoms with Gasteiger partial charge in [-0.25, -0.2) is 9.48 Å². The van der Waals surface area contributed by atoms with E-state index < -0.39 is 5.97 Å². The first-order valence-corrected chi connectivity index (χ1v) is 7.38. The third-order valence-electron chi connectivity index (χ3n) is 3.11. The van der Waals surface area contributed by atoms with Gasteiger partial charge < -0.3 is 5.11 Å². The number of rotatable bonds is 3. The number of nitrogens with zero attached hydrogens (tertiary/aromatic N) is 3. The maximum atomic E-state index is 11.2. The standard InChI is InChI=1S/C12H8BrCl2N3O2/c13-6-3-4-7(9(15)8(6)14)18-11(5-1-2-5)10(12(19)20)16-17-18/h3-5H,1-2H2,(H,19,20). The zero-order valence-electron chi connectivity index (χ0n) is 9.98. The van der Waals surface area contributed by atoms with Crippen LogP contribution in [0.2, 0.25) is 10.0 Å². The van der Waals surface area contributed by atoms with Gasteiger partial charge in [0.1, 0.15) is 0 Å². The first kappa shape index (κ1) is 13.9. The third-order valence-corrected chi connectivity index (χ3v) is 4.88. The highest BCUT2D eigenvalue weighted by Crippen LogP contribution is 2.43. The molecule has 1 N–H and O–H groups in total. The molecule has 20 heavy (non-hydrogen) atoms. The summed E-state index contributed by atoms with van der Waals surface area (Å²) in [5, 5.41) is 17.5. The number of benzene rings is 1. The highest BCUT2D eigenvalue weighted by Gasteiger charge is 2.34. The van der Waals surface area contributed by atoms with Gasteiger partial charge in [-0.3, -0.25) is 0 Å². The first-order chi connectivity index (χ1) is 9.50. The van der Waals surface area contributed by atoms with E-state index in [2.05, 4.69) is 26.2 Å². The van der Waals surface area contributed by atoms with Gasteiger partial charge in [-0.2, -0.15) is 0 Å². The molecule has 0 unspecified atom stereocenters. The van der Waals surface area contributed by atoms with E-state index in [0.29, 0.717) is 25.9 Å². The summed E-state index contributed by atoms with van der Waals surface area (Å²) < 4.78 is 2.14. The number of aromatic carboxylic acids is 1. The third kappa shape index (κ3) is 2.21. The smallest absolute Gasteiger partial charge is 0.358 e. The minimum Gasteiger partial charge on any atom is -0.476 e. The Bertz CT molecular complexity index is 713. The molecular weight excluding hydrogens is 369 g/mol. The lowest BCUT2D eigenvalue weighted by Gasteiger charge is -2.10. The van der Waals surface area contributed by atoms with Crippen molar-refractivity contribution in [3.63, 3.8) is 0 Å². The Hall–Kier alpha value is -1.11. The molecule has 0 amide bonds. The predicted octanol–water partition coefficient (Wildman–Crippen LogP) is 3.91. The normalized spacial score (nSPS) is 14.6. The molecule has 104 valence electrons. The van der Waals surface area contributed by atoms with Crippen molar-refractivity contribution >= 4 is 45.1 Å². The van der Waals surface area contributed by atoms with Gasteiger partial charge in [0.15, 0.2) is 5.69 Å². The Morgan fingerprint density at radius 3 is 2.65 bits per heavy atom. The second kappa shape index (κ2) is 5.02. The Balaban J connectivity index is 2.20. The van der Waals surface area contributed by atoms with Crippen LogP contribution in [0.25, 0.3) is 5.69 Å². The molecule has 0 radical (unpaired) electrons. The number of hydrogen-bond donors (Lipinski definition) is 1. The van der Waals surface area contributed by atoms with Crippen molar-refractivity contribution in [1.29, 1.82) is 0 Å². The fourth-order valence-corrected chi connectivity index (χ4v) is 2.87. The molecule has 0 atom stereocenters. The van der Waals surface area contributed by atoms with Gasteiger partial charge in [0.25, 0.3) is 0 Å². The summed E-state index contributed by atoms with van der Waals surface area (Å²) in [5.41, 5.74) is 1.09. The van der Waals surface area contributed by atoms with Crippen molar-refractivity contribution in [1.82, 2.24) is 15.0 Å². The maximum Gasteiger partial charge on any atom is 0.358 e. The van der Waals surface area contributed by atoms with Crippen LogP contribution >= 0.6 is 39.1 Å². The molecule has 1 aromatic heterocycles. The lowest BCUT2D eigenvalue weighted by atomic mass is 10.2. The number of hydrogen-bond acceptors (Lipinski definition) is 3. The van der Waals surface area contributed by atoms with Gasteiger partial charge in [-0.05, 0) is 40.9 Å². The van der Waals surface area contributed by atoms with Crippen molar-refractivity contribution in [2.24, 2.45) is 0 Å². The van der Waals surface area contributed by atoms with Gasteiger partial charge in [-0.15, -0.1) is 5.10 Å². The summed E-state index contributed by atoms with van der Waals surface area (Å²) in [4.78, 5) is 11.2. The number of aromatic nitrogens is 3. The van der Waals surface area contributed by atoms with E-state index in [9.17, 15) is 9.90 Å². The van der Waals surface area contributed by atoms with Crippen molar-refractivity contribution in [3.8, 4) is 5.69 Å². The lowest BCUT2D eigenvalue weighted by molar-refractivity contribution is 0.0689. The maximum absolute atomic E-state index is 11.2. The zero-order valence-corrected chi connectivity index (χ0v) is 13.1. The fraction of sp³-hybridized carbons (Fsp3) is 0.250. The first-order valence-electron chi connectivity index (χ1n) is 5.83. The molecule has 2 aromatic rings. The Kier molecular flexibility index (Phi) is 3.48. The Labute approximate surface area is 132 Å². The number of carbonyl (C=O) groups is 1. The molecule has 0 saturated heterocycles. The minimum absolute atomic E-state index is 0.0254. The van der Waals surface area contributed by atoms with Crippen LogP contribution in [0.15, 0.2) is 16.6 Å². The van der Waals surface area contributed by atoms with E-state index >= 15 is 0 Å². The summed E-state index contributed by atoms with van der Waals surface area (Å²) in [6, 6.07) is 3.47. The molecule has 0 spiro atoms. The zero-order chi connectivity index (χ0) is 14.4. The van der Waals surface area contributed by atoms with E-state index in [1.165, 1.54) is 4.68 Å². The number of carboxylic acid groups (broad SMARTS) is 1. The molecule has 1 aliphatic rings. The highest BCUT2D eigenvalue weighted by atomic mass is 79.9. The molecule has 5 nitrogen and oxygen atoms in total. The van der Waals surface area contributed by atoms with Crippen LogP contribution in [0.1, 0.15) is 34.9 Å². The van der Waals surface area contributed by atoms with Crippen LogP contribution in [0.5, 0.6) is 0 Å². The summed E-state index contributed by atoms with van der Waals surface area (Å²) in [6.45, 7) is 0. The van der Waals surface area contributed by atoms with E-state index in [1.54, 1.807) is 12.1 Å². The monoisotopic (exact) mass is 375 g/mol. The van der Waals surface area contributed by atoms with Crippen LogP contribution in [-0.4, -0.2) is 26.1 Å². The average Bonchev–Trinajstić information content (AvgIpc) is 3.15. The molecule has 3 rings (SSSR count). The second-order valence-corrected chi connectivity index (χ2v) is 6.12. The number of carboxylic acids is 1. The molecule has 0 aliphatic heterocycles. The lowest BCUT2D eigenvalue weighted by Crippen LogP contribution is -2.06.